The number of carbonyl (C=O) groups is 3. The normalized spacial score (nSPS) is 40.3. The Morgan fingerprint density at radius 2 is 1.73 bits per heavy atom. The third-order valence-corrected chi connectivity index (χ3v) is 13.8. The van der Waals surface area contributed by atoms with Gasteiger partial charge >= 0.3 is 0 Å². The number of nitrogens with one attached hydrogen (secondary N) is 2. The van der Waals surface area contributed by atoms with Crippen molar-refractivity contribution in [2.45, 2.75) is 143 Å². The summed E-state index contributed by atoms with van der Waals surface area (Å²) in [6.07, 6.45) is 14.5. The van der Waals surface area contributed by atoms with E-state index in [9.17, 15) is 14.4 Å². The highest BCUT2D eigenvalue weighted by Crippen LogP contribution is 2.68. The summed E-state index contributed by atoms with van der Waals surface area (Å²) in [5.41, 5.74) is 3.63. The Hall–Kier alpha value is -0.920. The number of nitrogens with zero attached hydrogens (tertiary/aromatic N) is 1. The van der Waals surface area contributed by atoms with Crippen molar-refractivity contribution in [1.29, 1.82) is 0 Å². The van der Waals surface area contributed by atoms with Gasteiger partial charge in [-0.25, -0.2) is 0 Å². The molecule has 1 heterocycles. The number of carbonyl (C=O) groups excluding carboxylic acids is 3. The molecule has 0 radical (unpaired) electrons. The van der Waals surface area contributed by atoms with Crippen LogP contribution in [0.3, 0.4) is 0 Å². The molecule has 1 amide bonds. The van der Waals surface area contributed by atoms with Gasteiger partial charge in [-0.3, -0.25) is 24.1 Å². The predicted molar refractivity (Wildman–Crippen MR) is 180 cm³/mol. The second-order valence-electron chi connectivity index (χ2n) is 15.8. The standard InChI is InChI=1S/C36H62N3O5P/c1-6-25(40)21-38-43-32-20-24-19-26(44-39-18-8-9-30(39)31(41)7-2)14-16-35(24,4)29-15-17-36(5)27(11-12-28(36)34(29)32)23(3)10-13-33(42)37-22-45/h23-24,26-30,32,34,38H,6-22,45H2,1-5H3,(H,37,42)/t23-,24-,26+,27?,28?,29?,30-,32+,34?,35-,36+/m0/s1. The summed E-state index contributed by atoms with van der Waals surface area (Å²) < 4.78 is 0. The molecule has 9 heteroatoms. The van der Waals surface area contributed by atoms with Crippen LogP contribution in [0.5, 0.6) is 0 Å². The van der Waals surface area contributed by atoms with Crippen LogP contribution in [0, 0.1) is 46.3 Å². The van der Waals surface area contributed by atoms with Crippen LogP contribution >= 0.6 is 9.24 Å². The van der Waals surface area contributed by atoms with Gasteiger partial charge in [0.05, 0.1) is 24.8 Å². The molecule has 0 aromatic rings. The number of ketones is 2. The lowest BCUT2D eigenvalue weighted by molar-refractivity contribution is -0.245. The van der Waals surface area contributed by atoms with Crippen molar-refractivity contribution in [3.8, 4) is 0 Å². The zero-order chi connectivity index (χ0) is 32.4. The number of Topliss-reactive ketones (excluding diaryl/α,β-unsaturated/α-hetero) is 2. The van der Waals surface area contributed by atoms with Crippen LogP contribution in [-0.2, 0) is 24.1 Å². The fourth-order valence-corrected chi connectivity index (χ4v) is 11.3. The molecular formula is C36H62N3O5P. The van der Waals surface area contributed by atoms with Gasteiger partial charge in [0.2, 0.25) is 5.91 Å². The number of hydrogen-bond acceptors (Lipinski definition) is 7. The molecule has 12 atom stereocenters. The summed E-state index contributed by atoms with van der Waals surface area (Å²) >= 11 is 0. The zero-order valence-electron chi connectivity index (χ0n) is 28.8. The molecule has 5 fully saturated rings. The number of rotatable bonds is 14. The van der Waals surface area contributed by atoms with Crippen molar-refractivity contribution < 1.29 is 24.1 Å². The van der Waals surface area contributed by atoms with E-state index in [4.69, 9.17) is 9.68 Å². The van der Waals surface area contributed by atoms with Gasteiger partial charge < -0.3 is 5.32 Å². The highest BCUT2D eigenvalue weighted by atomic mass is 31.0. The summed E-state index contributed by atoms with van der Waals surface area (Å²) in [6.45, 7) is 12.5. The van der Waals surface area contributed by atoms with Crippen LogP contribution in [0.2, 0.25) is 0 Å². The zero-order valence-corrected chi connectivity index (χ0v) is 29.9. The highest BCUT2D eigenvalue weighted by Gasteiger charge is 2.63. The van der Waals surface area contributed by atoms with Crippen LogP contribution in [0.25, 0.3) is 0 Å². The van der Waals surface area contributed by atoms with Crippen molar-refractivity contribution >= 4 is 26.7 Å². The van der Waals surface area contributed by atoms with E-state index in [-0.39, 0.29) is 47.3 Å². The SMILES string of the molecule is CCC(=O)CNO[C@@H]1C[C@@H]2C[C@H](ON3CCC[C@H]3C(=O)CC)CC[C@]2(C)C2CC[C@@]3(C)C(CCC3[C@@H](C)CCC(=O)NCP)C21. The third-order valence-electron chi connectivity index (χ3n) is 13.6. The van der Waals surface area contributed by atoms with Crippen LogP contribution < -0.4 is 10.8 Å². The molecule has 45 heavy (non-hydrogen) atoms. The van der Waals surface area contributed by atoms with E-state index in [1.807, 2.05) is 18.9 Å². The maximum Gasteiger partial charge on any atom is 0.220 e. The van der Waals surface area contributed by atoms with Gasteiger partial charge in [-0.15, -0.1) is 9.24 Å². The molecular weight excluding hydrogens is 585 g/mol. The van der Waals surface area contributed by atoms with E-state index in [1.54, 1.807) is 0 Å². The van der Waals surface area contributed by atoms with Gasteiger partial charge in [0.25, 0.3) is 0 Å². The first-order valence-electron chi connectivity index (χ1n) is 18.4. The van der Waals surface area contributed by atoms with Crippen LogP contribution in [-0.4, -0.2) is 60.2 Å². The van der Waals surface area contributed by atoms with E-state index in [0.717, 1.165) is 51.5 Å². The average Bonchev–Trinajstić information content (AvgIpc) is 3.63. The van der Waals surface area contributed by atoms with Crippen molar-refractivity contribution in [2.75, 3.05) is 19.4 Å². The molecule has 4 aliphatic carbocycles. The van der Waals surface area contributed by atoms with Gasteiger partial charge in [0.15, 0.2) is 5.78 Å². The number of hydroxylamine groups is 3. The van der Waals surface area contributed by atoms with E-state index >= 15 is 0 Å². The predicted octanol–water partition coefficient (Wildman–Crippen LogP) is 6.23. The summed E-state index contributed by atoms with van der Waals surface area (Å²) in [5.74, 6) is 3.91. The molecule has 0 spiro atoms. The van der Waals surface area contributed by atoms with Gasteiger partial charge in [0.1, 0.15) is 5.78 Å². The van der Waals surface area contributed by atoms with E-state index in [2.05, 4.69) is 40.8 Å². The molecule has 5 aliphatic rings. The minimum atomic E-state index is -0.0795. The molecule has 256 valence electrons. The Labute approximate surface area is 274 Å². The minimum absolute atomic E-state index is 0.0733. The summed E-state index contributed by atoms with van der Waals surface area (Å²) in [7, 11) is 2.58. The fraction of sp³-hybridized carbons (Fsp3) is 0.917. The molecule has 2 N–H and O–H groups in total. The summed E-state index contributed by atoms with van der Waals surface area (Å²) in [6, 6.07) is -0.0795. The van der Waals surface area contributed by atoms with E-state index < -0.39 is 0 Å². The second kappa shape index (κ2) is 15.1. The maximum absolute atomic E-state index is 12.6. The largest absolute Gasteiger partial charge is 0.353 e. The van der Waals surface area contributed by atoms with Gasteiger partial charge in [-0.05, 0) is 117 Å². The molecule has 0 bridgehead atoms. The summed E-state index contributed by atoms with van der Waals surface area (Å²) in [4.78, 5) is 50.3. The highest BCUT2D eigenvalue weighted by molar-refractivity contribution is 7.16. The Balaban J connectivity index is 1.32. The van der Waals surface area contributed by atoms with Crippen molar-refractivity contribution in [3.05, 3.63) is 0 Å². The number of amides is 1. The molecule has 1 saturated heterocycles. The van der Waals surface area contributed by atoms with Gasteiger partial charge in [-0.1, -0.05) is 34.6 Å². The first-order chi connectivity index (χ1) is 21.5. The lowest BCUT2D eigenvalue weighted by Crippen LogP contribution is -2.60. The van der Waals surface area contributed by atoms with Gasteiger partial charge in [-0.2, -0.15) is 10.5 Å². The topological polar surface area (TPSA) is 97.0 Å². The molecule has 8 nitrogen and oxygen atoms in total. The van der Waals surface area contributed by atoms with Crippen molar-refractivity contribution in [1.82, 2.24) is 15.9 Å². The lowest BCUT2D eigenvalue weighted by Gasteiger charge is -2.63. The second-order valence-corrected chi connectivity index (χ2v) is 16.2. The quantitative estimate of drug-likeness (QED) is 0.170. The van der Waals surface area contributed by atoms with Crippen molar-refractivity contribution in [3.63, 3.8) is 0 Å². The first kappa shape index (κ1) is 35.4. The smallest absolute Gasteiger partial charge is 0.220 e. The van der Waals surface area contributed by atoms with Crippen molar-refractivity contribution in [2.24, 2.45) is 46.3 Å². The van der Waals surface area contributed by atoms with E-state index in [1.165, 1.54) is 25.7 Å². The minimum Gasteiger partial charge on any atom is -0.353 e. The Bertz CT molecular complexity index is 1060. The maximum atomic E-state index is 12.6. The lowest BCUT2D eigenvalue weighted by atomic mass is 9.43. The first-order valence-corrected chi connectivity index (χ1v) is 19.2. The van der Waals surface area contributed by atoms with Crippen LogP contribution in [0.15, 0.2) is 0 Å². The molecule has 1 aliphatic heterocycles. The summed E-state index contributed by atoms with van der Waals surface area (Å²) in [5, 5.41) is 4.97. The van der Waals surface area contributed by atoms with Gasteiger partial charge in [0, 0.05) is 32.1 Å². The Morgan fingerprint density at radius 1 is 0.978 bits per heavy atom. The third kappa shape index (κ3) is 7.26. The van der Waals surface area contributed by atoms with E-state index in [0.29, 0.717) is 66.8 Å². The number of fused-ring (bicyclic) bond motifs is 5. The fourth-order valence-electron chi connectivity index (χ4n) is 11.1. The monoisotopic (exact) mass is 647 g/mol. The number of hydrogen-bond donors (Lipinski definition) is 2. The Morgan fingerprint density at radius 3 is 2.47 bits per heavy atom. The molecule has 0 aromatic carbocycles. The molecule has 0 aromatic heterocycles. The Kier molecular flexibility index (Phi) is 11.9. The molecule has 5 rings (SSSR count). The molecule has 4 saturated carbocycles. The molecule has 5 unspecified atom stereocenters. The average molecular weight is 648 g/mol. The van der Waals surface area contributed by atoms with Crippen LogP contribution in [0.4, 0.5) is 0 Å². The van der Waals surface area contributed by atoms with Crippen LogP contribution in [0.1, 0.15) is 125 Å².